The van der Waals surface area contributed by atoms with Gasteiger partial charge in [0.25, 0.3) is 0 Å². The number of hydrogen-bond acceptors (Lipinski definition) is 10. The fraction of sp³-hybridized carbons (Fsp3) is 0.518. The summed E-state index contributed by atoms with van der Waals surface area (Å²) >= 11 is 12.0. The molecule has 0 bridgehead atoms. The molecule has 10 nitrogen and oxygen atoms in total. The third-order valence-electron chi connectivity index (χ3n) is 18.7. The molecule has 548 valence electrons. The number of rotatable bonds is 24. The largest absolute Gasteiger partial charge is 0.310 e. The molecule has 2 fully saturated rings. The molecule has 0 spiro atoms. The van der Waals surface area contributed by atoms with Crippen LogP contribution in [0, 0.1) is 11.6 Å². The topological polar surface area (TPSA) is 50.8 Å². The number of aromatic nitrogens is 1. The highest BCUT2D eigenvalue weighted by Gasteiger charge is 2.20. The van der Waals surface area contributed by atoms with Crippen LogP contribution in [0.1, 0.15) is 149 Å². The Morgan fingerprint density at radius 2 is 0.859 bits per heavy atom. The summed E-state index contributed by atoms with van der Waals surface area (Å²) in [6.07, 6.45) is 4.82. The number of pyridine rings is 1. The van der Waals surface area contributed by atoms with Crippen molar-refractivity contribution in [3.63, 3.8) is 0 Å². The molecule has 2 aliphatic heterocycles. The summed E-state index contributed by atoms with van der Waals surface area (Å²) in [6, 6.07) is 62.2. The van der Waals surface area contributed by atoms with Gasteiger partial charge in [-0.2, -0.15) is 0 Å². The van der Waals surface area contributed by atoms with Gasteiger partial charge in [-0.1, -0.05) is 171 Å². The Hall–Kier alpha value is -5.45. The zero-order valence-electron chi connectivity index (χ0n) is 64.5. The molecule has 1 unspecified atom stereocenters. The monoisotopic (exact) mass is 1400 g/mol. The third-order valence-corrected chi connectivity index (χ3v) is 19.4. The molecule has 0 amide bonds. The number of nitrogens with zero attached hydrogens (tertiary/aromatic N) is 9. The van der Waals surface area contributed by atoms with E-state index in [2.05, 4.69) is 279 Å². The lowest BCUT2D eigenvalue weighted by Gasteiger charge is -2.36. The first kappa shape index (κ1) is 87.8. The lowest BCUT2D eigenvalue weighted by Crippen LogP contribution is -2.48. The predicted molar refractivity (Wildman–Crippen MR) is 424 cm³/mol. The second-order valence-electron chi connectivity index (χ2n) is 28.4. The van der Waals surface area contributed by atoms with Crippen molar-refractivity contribution in [1.29, 1.82) is 0 Å². The maximum atomic E-state index is 13.2. The van der Waals surface area contributed by atoms with E-state index < -0.39 is 0 Å². The first-order valence-corrected chi connectivity index (χ1v) is 37.3. The van der Waals surface area contributed by atoms with Crippen LogP contribution in [-0.4, -0.2) is 187 Å². The Labute approximate surface area is 612 Å². The summed E-state index contributed by atoms with van der Waals surface area (Å²) in [6.45, 7) is 48.1. The van der Waals surface area contributed by atoms with Crippen molar-refractivity contribution in [3.05, 3.63) is 243 Å². The normalized spacial score (nSPS) is 14.1. The van der Waals surface area contributed by atoms with Crippen molar-refractivity contribution in [2.45, 2.75) is 191 Å². The molecule has 99 heavy (non-hydrogen) atoms. The van der Waals surface area contributed by atoms with Crippen LogP contribution in [0.4, 0.5) is 8.78 Å². The van der Waals surface area contributed by atoms with Crippen LogP contribution >= 0.6 is 23.2 Å². The van der Waals surface area contributed by atoms with E-state index in [1.165, 1.54) is 60.7 Å². The molecule has 2 saturated heterocycles. The Balaban J connectivity index is 0.000000301. The number of nitrogens with one attached hydrogen (secondary N) is 1. The van der Waals surface area contributed by atoms with Crippen molar-refractivity contribution in [2.24, 2.45) is 0 Å². The Kier molecular flexibility index (Phi) is 44.3. The van der Waals surface area contributed by atoms with Crippen LogP contribution in [0.25, 0.3) is 0 Å². The van der Waals surface area contributed by atoms with Gasteiger partial charge in [-0.25, -0.2) is 8.78 Å². The van der Waals surface area contributed by atoms with E-state index in [4.69, 9.17) is 23.2 Å². The van der Waals surface area contributed by atoms with Gasteiger partial charge in [0.15, 0.2) is 0 Å². The lowest BCUT2D eigenvalue weighted by atomic mass is 10.1. The van der Waals surface area contributed by atoms with Crippen LogP contribution in [0.15, 0.2) is 182 Å². The quantitative estimate of drug-likeness (QED) is 0.0633. The zero-order valence-corrected chi connectivity index (χ0v) is 66.0. The minimum atomic E-state index is -0.136. The number of halogens is 4. The summed E-state index contributed by atoms with van der Waals surface area (Å²) < 4.78 is 26.3. The van der Waals surface area contributed by atoms with Gasteiger partial charge in [0, 0.05) is 174 Å². The second-order valence-corrected chi connectivity index (χ2v) is 29.2. The highest BCUT2D eigenvalue weighted by Crippen LogP contribution is 2.24. The summed E-state index contributed by atoms with van der Waals surface area (Å²) in [5.74, 6) is -0.229. The maximum absolute atomic E-state index is 13.2. The van der Waals surface area contributed by atoms with Gasteiger partial charge in [0.1, 0.15) is 11.6 Å². The predicted octanol–water partition coefficient (Wildman–Crippen LogP) is 18.4. The molecule has 3 heterocycles. The van der Waals surface area contributed by atoms with Gasteiger partial charge in [-0.15, -0.1) is 0 Å². The fourth-order valence-corrected chi connectivity index (χ4v) is 11.1. The van der Waals surface area contributed by atoms with Crippen LogP contribution in [-0.2, 0) is 38.9 Å². The third kappa shape index (κ3) is 37.9. The smallest absolute Gasteiger partial charge is 0.126 e. The van der Waals surface area contributed by atoms with Crippen LogP contribution in [0.3, 0.4) is 0 Å². The highest BCUT2D eigenvalue weighted by molar-refractivity contribution is 6.36. The summed E-state index contributed by atoms with van der Waals surface area (Å²) in [7, 11) is 8.55. The SMILES string of the molecule is CC(C)N(C)C(C)c1ccccc1.CC(C)N(C)CCc1ccccc1.CC(C)N(C)CCc1ccccc1F.CC(C)N(C)CCc1ccccn1.CC(C)N1CCN(Cc2cccc(F)c2)CC1.CC(C)N1CCN(Cc2ccccc2)CC1.CC(C)NCc1c(Cl)cccc1Cl. The first-order valence-electron chi connectivity index (χ1n) is 36.6. The van der Waals surface area contributed by atoms with Gasteiger partial charge >= 0.3 is 0 Å². The Bertz CT molecular complexity index is 3030. The van der Waals surface area contributed by atoms with Crippen LogP contribution in [0.2, 0.25) is 10.0 Å². The highest BCUT2D eigenvalue weighted by atomic mass is 35.5. The number of likely N-dealkylation sites (N-methyl/N-ethyl adjacent to an activating group) is 3. The van der Waals surface area contributed by atoms with Gasteiger partial charge in [-0.05, 0) is 201 Å². The van der Waals surface area contributed by atoms with E-state index in [0.29, 0.717) is 48.3 Å². The number of benzene rings is 6. The summed E-state index contributed by atoms with van der Waals surface area (Å²) in [5.41, 5.74) is 8.27. The fourth-order valence-electron chi connectivity index (χ4n) is 10.6. The molecular weight excluding hydrogens is 1270 g/mol. The van der Waals surface area contributed by atoms with E-state index in [0.717, 1.165) is 111 Å². The average molecular weight is 1400 g/mol. The number of hydrogen-bond donors (Lipinski definition) is 1. The van der Waals surface area contributed by atoms with Crippen molar-refractivity contribution >= 4 is 23.2 Å². The molecule has 2 aliphatic rings. The maximum Gasteiger partial charge on any atom is 0.126 e. The minimum absolute atomic E-state index is 0.0929. The van der Waals surface area contributed by atoms with Crippen LogP contribution < -0.4 is 5.32 Å². The molecule has 7 aromatic rings. The molecule has 0 aliphatic carbocycles. The standard InChI is InChI=1S/C14H21FN2.C14H22N2.C12H18FN.2C12H19N.C11H18N2.C10H13Cl2N/c1-12(2)17-8-6-16(7-9-17)11-13-4-3-5-14(15)10-13;1-13(2)16-10-8-15(9-11-16)12-14-6-4-3-5-7-14;1-10(2)14(3)9-8-11-6-4-5-7-12(11)13;1-10(2)13(4)11(3)12-8-6-5-7-9-12;1-11(2)13(3)10-9-12-7-5-4-6-8-12;1-10(2)13(3)9-7-11-6-4-5-8-12-11;1-7(2)13-6-8-9(11)4-3-5-10(8)12/h3-5,10,12H,6-9,11H2,1-2H3;3-7,13H,8-12H2,1-2H3;4-7,10H,8-9H2,1-3H3;5-11H,1-4H3;4-8,11H,9-10H2,1-3H3;4-6,8,10H,7,9H2,1-3H3;3-5,7,13H,6H2,1-2H3. The average Bonchev–Trinajstić information content (AvgIpc) is 1.02. The van der Waals surface area contributed by atoms with E-state index in [-0.39, 0.29) is 11.6 Å². The molecule has 1 N–H and O–H groups in total. The molecule has 9 rings (SSSR count). The van der Waals surface area contributed by atoms with E-state index >= 15 is 0 Å². The Morgan fingerprint density at radius 3 is 1.30 bits per heavy atom. The van der Waals surface area contributed by atoms with E-state index in [9.17, 15) is 8.78 Å². The van der Waals surface area contributed by atoms with Crippen molar-refractivity contribution in [3.8, 4) is 0 Å². The molecule has 1 aromatic heterocycles. The van der Waals surface area contributed by atoms with Crippen molar-refractivity contribution in [2.75, 3.05) is 100 Å². The molecule has 6 aromatic carbocycles. The van der Waals surface area contributed by atoms with Gasteiger partial charge in [-0.3, -0.25) is 29.5 Å². The van der Waals surface area contributed by atoms with Gasteiger partial charge < -0.3 is 20.0 Å². The molecule has 14 heteroatoms. The van der Waals surface area contributed by atoms with E-state index in [1.807, 2.05) is 54.7 Å². The molecule has 0 radical (unpaired) electrons. The van der Waals surface area contributed by atoms with Crippen LogP contribution in [0.5, 0.6) is 0 Å². The Morgan fingerprint density at radius 1 is 0.434 bits per heavy atom. The number of piperazine rings is 2. The summed E-state index contributed by atoms with van der Waals surface area (Å²) in [5, 5.41) is 4.72. The first-order chi connectivity index (χ1) is 47.1. The molecular formula is C85H130Cl2F2N10. The zero-order chi connectivity index (χ0) is 73.2. The van der Waals surface area contributed by atoms with E-state index in [1.54, 1.807) is 18.2 Å². The van der Waals surface area contributed by atoms with Crippen molar-refractivity contribution < 1.29 is 8.78 Å². The summed E-state index contributed by atoms with van der Waals surface area (Å²) in [4.78, 5) is 23.6. The second kappa shape index (κ2) is 50.0. The lowest BCUT2D eigenvalue weighted by molar-refractivity contribution is 0.104. The molecule has 1 atom stereocenters. The van der Waals surface area contributed by atoms with Gasteiger partial charge in [0.2, 0.25) is 0 Å². The van der Waals surface area contributed by atoms with Crippen molar-refractivity contribution in [1.82, 2.24) is 49.5 Å². The van der Waals surface area contributed by atoms with Gasteiger partial charge in [0.05, 0.1) is 0 Å². The molecule has 0 saturated carbocycles. The minimum Gasteiger partial charge on any atom is -0.310 e.